The highest BCUT2D eigenvalue weighted by molar-refractivity contribution is 7.07. The van der Waals surface area contributed by atoms with E-state index < -0.39 is 11.4 Å². The zero-order chi connectivity index (χ0) is 16.7. The van der Waals surface area contributed by atoms with Crippen LogP contribution in [0.15, 0.2) is 35.0 Å². The van der Waals surface area contributed by atoms with Crippen LogP contribution in [0.2, 0.25) is 0 Å². The molecule has 2 aliphatic heterocycles. The highest BCUT2D eigenvalue weighted by Crippen LogP contribution is 2.50. The fraction of sp³-hybridized carbons (Fsp3) is 0.389. The van der Waals surface area contributed by atoms with E-state index in [2.05, 4.69) is 21.7 Å². The van der Waals surface area contributed by atoms with Gasteiger partial charge in [-0.1, -0.05) is 6.07 Å². The van der Waals surface area contributed by atoms with Crippen LogP contribution >= 0.6 is 11.3 Å². The normalized spacial score (nSPS) is 25.6. The van der Waals surface area contributed by atoms with Crippen LogP contribution < -0.4 is 9.47 Å². The molecule has 0 bridgehead atoms. The van der Waals surface area contributed by atoms with Gasteiger partial charge in [-0.25, -0.2) is 0 Å². The smallest absolute Gasteiger partial charge is 0.315 e. The second-order valence-corrected chi connectivity index (χ2v) is 7.29. The number of benzene rings is 1. The number of carboxylic acids is 1. The van der Waals surface area contributed by atoms with Crippen molar-refractivity contribution < 1.29 is 19.4 Å². The maximum Gasteiger partial charge on any atom is 0.315 e. The number of rotatable bonds is 4. The molecule has 0 aliphatic carbocycles. The van der Waals surface area contributed by atoms with Gasteiger partial charge in [0.1, 0.15) is 23.5 Å². The van der Waals surface area contributed by atoms with Crippen molar-refractivity contribution in [3.8, 4) is 11.5 Å². The summed E-state index contributed by atoms with van der Waals surface area (Å²) in [5.41, 5.74) is 1.32. The van der Waals surface area contributed by atoms with Crippen LogP contribution in [-0.4, -0.2) is 42.8 Å². The van der Waals surface area contributed by atoms with Crippen molar-refractivity contribution in [3.63, 3.8) is 0 Å². The molecule has 24 heavy (non-hydrogen) atoms. The fourth-order valence-electron chi connectivity index (χ4n) is 3.85. The first-order valence-corrected chi connectivity index (χ1v) is 8.84. The van der Waals surface area contributed by atoms with E-state index in [1.165, 1.54) is 5.56 Å². The van der Waals surface area contributed by atoms with E-state index in [-0.39, 0.29) is 12.5 Å². The Morgan fingerprint density at radius 2 is 2.38 bits per heavy atom. The molecule has 0 saturated carbocycles. The van der Waals surface area contributed by atoms with Crippen LogP contribution in [0.4, 0.5) is 0 Å². The van der Waals surface area contributed by atoms with E-state index in [9.17, 15) is 9.90 Å². The Bertz CT molecular complexity index is 760. The van der Waals surface area contributed by atoms with Gasteiger partial charge in [0, 0.05) is 37.2 Å². The maximum absolute atomic E-state index is 12.1. The Balaban J connectivity index is 1.68. The molecule has 0 radical (unpaired) electrons. The van der Waals surface area contributed by atoms with Crippen molar-refractivity contribution in [2.24, 2.45) is 5.41 Å². The summed E-state index contributed by atoms with van der Waals surface area (Å²) in [6, 6.07) is 7.77. The first-order chi connectivity index (χ1) is 11.6. The molecule has 5 nitrogen and oxygen atoms in total. The topological polar surface area (TPSA) is 59.0 Å². The SMILES string of the molecule is COc1ccc2c(c1)OC[C@]1(C(=O)O)CN(Cc3ccsc3)C[C@H]21. The van der Waals surface area contributed by atoms with Crippen molar-refractivity contribution in [2.75, 3.05) is 26.8 Å². The number of carboxylic acid groups (broad SMARTS) is 1. The Morgan fingerprint density at radius 1 is 1.50 bits per heavy atom. The third kappa shape index (κ3) is 2.37. The van der Waals surface area contributed by atoms with Crippen molar-refractivity contribution in [1.29, 1.82) is 0 Å². The Hall–Kier alpha value is -2.05. The minimum absolute atomic E-state index is 0.0664. The number of hydrogen-bond donors (Lipinski definition) is 1. The maximum atomic E-state index is 12.1. The zero-order valence-corrected chi connectivity index (χ0v) is 14.2. The lowest BCUT2D eigenvalue weighted by atomic mass is 9.73. The summed E-state index contributed by atoms with van der Waals surface area (Å²) < 4.78 is 11.1. The lowest BCUT2D eigenvalue weighted by Crippen LogP contribution is -2.45. The number of aliphatic carboxylic acids is 1. The Labute approximate surface area is 144 Å². The first-order valence-electron chi connectivity index (χ1n) is 7.90. The summed E-state index contributed by atoms with van der Waals surface area (Å²) in [6.07, 6.45) is 0. The van der Waals surface area contributed by atoms with Gasteiger partial charge in [-0.3, -0.25) is 9.69 Å². The molecule has 0 unspecified atom stereocenters. The predicted octanol–water partition coefficient (Wildman–Crippen LogP) is 2.82. The summed E-state index contributed by atoms with van der Waals surface area (Å²) in [6.45, 7) is 2.22. The molecule has 0 spiro atoms. The van der Waals surface area contributed by atoms with Crippen LogP contribution in [0.1, 0.15) is 17.0 Å². The third-order valence-electron chi connectivity index (χ3n) is 5.11. The quantitative estimate of drug-likeness (QED) is 0.923. The molecule has 2 atom stereocenters. The molecule has 1 aromatic carbocycles. The first kappa shape index (κ1) is 15.5. The van der Waals surface area contributed by atoms with Crippen LogP contribution in [-0.2, 0) is 11.3 Å². The lowest BCUT2D eigenvalue weighted by molar-refractivity contribution is -0.151. The summed E-state index contributed by atoms with van der Waals surface area (Å²) in [5, 5.41) is 14.1. The number of methoxy groups -OCH3 is 1. The van der Waals surface area contributed by atoms with Crippen LogP contribution in [0, 0.1) is 5.41 Å². The molecule has 4 rings (SSSR count). The van der Waals surface area contributed by atoms with Crippen LogP contribution in [0.25, 0.3) is 0 Å². The fourth-order valence-corrected chi connectivity index (χ4v) is 4.51. The highest BCUT2D eigenvalue weighted by Gasteiger charge is 2.56. The second-order valence-electron chi connectivity index (χ2n) is 6.51. The number of hydrogen-bond acceptors (Lipinski definition) is 5. The summed E-state index contributed by atoms with van der Waals surface area (Å²) in [7, 11) is 1.62. The van der Waals surface area contributed by atoms with Crippen LogP contribution in [0.3, 0.4) is 0 Å². The molecule has 1 N–H and O–H groups in total. The molecule has 126 valence electrons. The molecule has 6 heteroatoms. The molecule has 2 aromatic rings. The number of carbonyl (C=O) groups is 1. The Kier molecular flexibility index (Phi) is 3.73. The van der Waals surface area contributed by atoms with Crippen molar-refractivity contribution in [2.45, 2.75) is 12.5 Å². The number of likely N-dealkylation sites (tertiary alicyclic amines) is 1. The Morgan fingerprint density at radius 3 is 3.08 bits per heavy atom. The van der Waals surface area contributed by atoms with E-state index in [1.807, 2.05) is 18.2 Å². The van der Waals surface area contributed by atoms with Gasteiger partial charge in [-0.05, 0) is 28.5 Å². The van der Waals surface area contributed by atoms with Gasteiger partial charge in [0.2, 0.25) is 0 Å². The number of ether oxygens (including phenoxy) is 2. The lowest BCUT2D eigenvalue weighted by Gasteiger charge is -2.36. The van der Waals surface area contributed by atoms with E-state index in [0.29, 0.717) is 6.54 Å². The van der Waals surface area contributed by atoms with E-state index in [0.717, 1.165) is 30.2 Å². The second kappa shape index (κ2) is 5.79. The highest BCUT2D eigenvalue weighted by atomic mass is 32.1. The van der Waals surface area contributed by atoms with Gasteiger partial charge in [-0.15, -0.1) is 0 Å². The van der Waals surface area contributed by atoms with Crippen molar-refractivity contribution in [1.82, 2.24) is 4.90 Å². The number of fused-ring (bicyclic) bond motifs is 3. The summed E-state index contributed by atoms with van der Waals surface area (Å²) >= 11 is 1.66. The number of nitrogens with zero attached hydrogens (tertiary/aromatic N) is 1. The predicted molar refractivity (Wildman–Crippen MR) is 90.9 cm³/mol. The third-order valence-corrected chi connectivity index (χ3v) is 5.84. The van der Waals surface area contributed by atoms with Gasteiger partial charge in [-0.2, -0.15) is 11.3 Å². The standard InChI is InChI=1S/C18H19NO4S/c1-22-13-2-3-14-15-8-19(7-12-4-5-24-9-12)10-18(15,17(20)21)11-23-16(14)6-13/h2-6,9,15H,7-8,10-11H2,1H3,(H,20,21)/t15-,18-/m1/s1. The molecule has 1 aromatic heterocycles. The molecular weight excluding hydrogens is 326 g/mol. The van der Waals surface area contributed by atoms with Gasteiger partial charge in [0.15, 0.2) is 0 Å². The van der Waals surface area contributed by atoms with Gasteiger partial charge < -0.3 is 14.6 Å². The molecule has 0 amide bonds. The van der Waals surface area contributed by atoms with Crippen LogP contribution in [0.5, 0.6) is 11.5 Å². The molecular formula is C18H19NO4S. The average Bonchev–Trinajstić information content (AvgIpc) is 3.22. The summed E-state index contributed by atoms with van der Waals surface area (Å²) in [5.74, 6) is 0.628. The number of thiophene rings is 1. The molecule has 2 aliphatic rings. The largest absolute Gasteiger partial charge is 0.497 e. The van der Waals surface area contributed by atoms with Gasteiger partial charge >= 0.3 is 5.97 Å². The average molecular weight is 345 g/mol. The monoisotopic (exact) mass is 345 g/mol. The van der Waals surface area contributed by atoms with Crippen molar-refractivity contribution in [3.05, 3.63) is 46.2 Å². The zero-order valence-electron chi connectivity index (χ0n) is 13.4. The minimum atomic E-state index is -0.877. The van der Waals surface area contributed by atoms with E-state index in [4.69, 9.17) is 9.47 Å². The van der Waals surface area contributed by atoms with E-state index >= 15 is 0 Å². The molecule has 3 heterocycles. The molecule has 1 saturated heterocycles. The molecule has 1 fully saturated rings. The minimum Gasteiger partial charge on any atom is -0.497 e. The van der Waals surface area contributed by atoms with Crippen molar-refractivity contribution >= 4 is 17.3 Å². The van der Waals surface area contributed by atoms with E-state index in [1.54, 1.807) is 18.4 Å². The van der Waals surface area contributed by atoms with Gasteiger partial charge in [0.05, 0.1) is 7.11 Å². The van der Waals surface area contributed by atoms with Gasteiger partial charge in [0.25, 0.3) is 0 Å². The summed E-state index contributed by atoms with van der Waals surface area (Å²) in [4.78, 5) is 14.3.